The lowest BCUT2D eigenvalue weighted by molar-refractivity contribution is -0.115. The number of rotatable bonds is 2. The molecule has 1 aliphatic heterocycles. The van der Waals surface area contributed by atoms with Gasteiger partial charge in [0.15, 0.2) is 9.84 Å². The van der Waals surface area contributed by atoms with Crippen LogP contribution in [-0.2, 0) is 14.6 Å². The van der Waals surface area contributed by atoms with Gasteiger partial charge in [-0.1, -0.05) is 0 Å². The van der Waals surface area contributed by atoms with Gasteiger partial charge in [-0.05, 0) is 24.3 Å². The van der Waals surface area contributed by atoms with E-state index in [0.29, 0.717) is 11.4 Å². The van der Waals surface area contributed by atoms with Crippen molar-refractivity contribution >= 4 is 21.4 Å². The molecule has 1 saturated heterocycles. The van der Waals surface area contributed by atoms with E-state index in [-0.39, 0.29) is 11.8 Å². The standard InChI is InChI=1S/C10H11NO4S/c1-15-9-4-2-8(3-5-9)11-7-16(13,14)6-10(11)12/h2-5H,6-7H2,1H3. The van der Waals surface area contributed by atoms with Gasteiger partial charge >= 0.3 is 0 Å². The van der Waals surface area contributed by atoms with Crippen molar-refractivity contribution in [1.82, 2.24) is 0 Å². The van der Waals surface area contributed by atoms with Crippen molar-refractivity contribution in [3.8, 4) is 5.75 Å². The molecule has 1 amide bonds. The molecular formula is C10H11NO4S. The van der Waals surface area contributed by atoms with E-state index in [9.17, 15) is 13.2 Å². The minimum atomic E-state index is -3.26. The summed E-state index contributed by atoms with van der Waals surface area (Å²) in [6.07, 6.45) is 0. The number of nitrogens with zero attached hydrogens (tertiary/aromatic N) is 1. The van der Waals surface area contributed by atoms with Crippen molar-refractivity contribution in [2.75, 3.05) is 23.6 Å². The molecule has 0 atom stereocenters. The van der Waals surface area contributed by atoms with Gasteiger partial charge in [0, 0.05) is 5.69 Å². The van der Waals surface area contributed by atoms with Crippen LogP contribution in [0.4, 0.5) is 5.69 Å². The van der Waals surface area contributed by atoms with Gasteiger partial charge in [0.05, 0.1) is 7.11 Å². The Morgan fingerprint density at radius 1 is 1.25 bits per heavy atom. The van der Waals surface area contributed by atoms with E-state index in [2.05, 4.69) is 0 Å². The predicted octanol–water partition coefficient (Wildman–Crippen LogP) is 0.414. The highest BCUT2D eigenvalue weighted by Crippen LogP contribution is 2.23. The molecule has 5 nitrogen and oxygen atoms in total. The first-order valence-electron chi connectivity index (χ1n) is 4.67. The van der Waals surface area contributed by atoms with Gasteiger partial charge in [-0.3, -0.25) is 9.69 Å². The average molecular weight is 241 g/mol. The summed E-state index contributed by atoms with van der Waals surface area (Å²) in [5, 5.41) is 0. The molecule has 0 bridgehead atoms. The van der Waals surface area contributed by atoms with E-state index in [1.54, 1.807) is 31.4 Å². The third-order valence-corrected chi connectivity index (χ3v) is 3.69. The zero-order valence-corrected chi connectivity index (χ0v) is 9.53. The third kappa shape index (κ3) is 2.01. The number of amides is 1. The molecule has 1 aromatic carbocycles. The molecule has 2 rings (SSSR count). The molecule has 6 heteroatoms. The van der Waals surface area contributed by atoms with Gasteiger partial charge in [0.25, 0.3) is 0 Å². The Morgan fingerprint density at radius 2 is 1.88 bits per heavy atom. The molecule has 0 N–H and O–H groups in total. The number of methoxy groups -OCH3 is 1. The third-order valence-electron chi connectivity index (χ3n) is 2.35. The Hall–Kier alpha value is -1.56. The zero-order valence-electron chi connectivity index (χ0n) is 8.71. The van der Waals surface area contributed by atoms with E-state index in [1.807, 2.05) is 0 Å². The number of carbonyl (C=O) groups excluding carboxylic acids is 1. The highest BCUT2D eigenvalue weighted by Gasteiger charge is 2.33. The number of carbonyl (C=O) groups is 1. The van der Waals surface area contributed by atoms with Gasteiger partial charge in [-0.25, -0.2) is 8.42 Å². The van der Waals surface area contributed by atoms with E-state index in [0.717, 1.165) is 0 Å². The number of sulfone groups is 1. The van der Waals surface area contributed by atoms with Crippen LogP contribution in [0, 0.1) is 0 Å². The Labute approximate surface area is 93.5 Å². The molecular weight excluding hydrogens is 230 g/mol. The lowest BCUT2D eigenvalue weighted by Crippen LogP contribution is -2.25. The van der Waals surface area contributed by atoms with Crippen molar-refractivity contribution in [1.29, 1.82) is 0 Å². The van der Waals surface area contributed by atoms with Gasteiger partial charge in [0.1, 0.15) is 17.4 Å². The summed E-state index contributed by atoms with van der Waals surface area (Å²) < 4.78 is 27.5. The summed E-state index contributed by atoms with van der Waals surface area (Å²) in [5.74, 6) is -0.361. The van der Waals surface area contributed by atoms with Gasteiger partial charge < -0.3 is 4.74 Å². The van der Waals surface area contributed by atoms with Crippen LogP contribution in [0.3, 0.4) is 0 Å². The van der Waals surface area contributed by atoms with Crippen LogP contribution in [0.1, 0.15) is 0 Å². The van der Waals surface area contributed by atoms with Gasteiger partial charge in [-0.15, -0.1) is 0 Å². The maximum atomic E-state index is 11.5. The molecule has 1 heterocycles. The highest BCUT2D eigenvalue weighted by atomic mass is 32.2. The van der Waals surface area contributed by atoms with Crippen LogP contribution in [0.15, 0.2) is 24.3 Å². The van der Waals surface area contributed by atoms with E-state index in [1.165, 1.54) is 4.90 Å². The van der Waals surface area contributed by atoms with Crippen molar-refractivity contribution < 1.29 is 17.9 Å². The first-order chi connectivity index (χ1) is 7.52. The minimum Gasteiger partial charge on any atom is -0.497 e. The van der Waals surface area contributed by atoms with E-state index in [4.69, 9.17) is 4.74 Å². The van der Waals surface area contributed by atoms with Crippen molar-refractivity contribution in [2.24, 2.45) is 0 Å². The normalized spacial score (nSPS) is 18.8. The summed E-state index contributed by atoms with van der Waals surface area (Å²) in [6, 6.07) is 6.70. The molecule has 1 aromatic rings. The van der Waals surface area contributed by atoms with Crippen molar-refractivity contribution in [3.63, 3.8) is 0 Å². The number of ether oxygens (including phenoxy) is 1. The molecule has 0 unspecified atom stereocenters. The SMILES string of the molecule is COc1ccc(N2CS(=O)(=O)CC2=O)cc1. The topological polar surface area (TPSA) is 63.7 Å². The number of benzene rings is 1. The first-order valence-corrected chi connectivity index (χ1v) is 6.49. The summed E-state index contributed by atoms with van der Waals surface area (Å²) in [5.41, 5.74) is 0.576. The number of hydrogen-bond acceptors (Lipinski definition) is 4. The van der Waals surface area contributed by atoms with Crippen molar-refractivity contribution in [2.45, 2.75) is 0 Å². The number of hydrogen-bond donors (Lipinski definition) is 0. The van der Waals surface area contributed by atoms with Crippen LogP contribution >= 0.6 is 0 Å². The Balaban J connectivity index is 2.28. The molecule has 0 saturated carbocycles. The fourth-order valence-electron chi connectivity index (χ4n) is 1.56. The van der Waals surface area contributed by atoms with Gasteiger partial charge in [-0.2, -0.15) is 0 Å². The smallest absolute Gasteiger partial charge is 0.243 e. The Bertz CT molecular complexity index is 506. The predicted molar refractivity (Wildman–Crippen MR) is 59.1 cm³/mol. The summed E-state index contributed by atoms with van der Waals surface area (Å²) >= 11 is 0. The second-order valence-electron chi connectivity index (χ2n) is 3.54. The van der Waals surface area contributed by atoms with E-state index >= 15 is 0 Å². The maximum absolute atomic E-state index is 11.5. The lowest BCUT2D eigenvalue weighted by atomic mass is 10.3. The summed E-state index contributed by atoms with van der Waals surface area (Å²) in [6.45, 7) is 0. The second-order valence-corrected chi connectivity index (χ2v) is 5.57. The fourth-order valence-corrected chi connectivity index (χ4v) is 2.87. The molecule has 0 aromatic heterocycles. The molecule has 86 valence electrons. The lowest BCUT2D eigenvalue weighted by Gasteiger charge is -2.14. The average Bonchev–Trinajstić information content (AvgIpc) is 2.52. The highest BCUT2D eigenvalue weighted by molar-refractivity contribution is 7.92. The minimum absolute atomic E-state index is 0.238. The van der Waals surface area contributed by atoms with Crippen LogP contribution in [-0.4, -0.2) is 33.1 Å². The fraction of sp³-hybridized carbons (Fsp3) is 0.300. The van der Waals surface area contributed by atoms with Gasteiger partial charge in [0.2, 0.25) is 5.91 Å². The maximum Gasteiger partial charge on any atom is 0.243 e. The quantitative estimate of drug-likeness (QED) is 0.752. The van der Waals surface area contributed by atoms with Crippen LogP contribution in [0.25, 0.3) is 0 Å². The molecule has 0 spiro atoms. The molecule has 16 heavy (non-hydrogen) atoms. The van der Waals surface area contributed by atoms with Crippen LogP contribution in [0.5, 0.6) is 5.75 Å². The molecule has 1 fully saturated rings. The van der Waals surface area contributed by atoms with Crippen LogP contribution < -0.4 is 9.64 Å². The van der Waals surface area contributed by atoms with Crippen LogP contribution in [0.2, 0.25) is 0 Å². The molecule has 1 aliphatic rings. The largest absolute Gasteiger partial charge is 0.497 e. The molecule has 0 radical (unpaired) electrons. The number of anilines is 1. The zero-order chi connectivity index (χ0) is 11.8. The Morgan fingerprint density at radius 3 is 2.31 bits per heavy atom. The first kappa shape index (κ1) is 10.9. The summed E-state index contributed by atoms with van der Waals surface area (Å²) in [7, 11) is -1.72. The van der Waals surface area contributed by atoms with E-state index < -0.39 is 15.6 Å². The summed E-state index contributed by atoms with van der Waals surface area (Å²) in [4.78, 5) is 12.7. The second kappa shape index (κ2) is 3.79. The molecule has 0 aliphatic carbocycles. The Kier molecular flexibility index (Phi) is 2.59. The monoisotopic (exact) mass is 241 g/mol. The van der Waals surface area contributed by atoms with Crippen molar-refractivity contribution in [3.05, 3.63) is 24.3 Å².